The largest absolute Gasteiger partial charge is 0.430 e. The third kappa shape index (κ3) is 6.27. The monoisotopic (exact) mass is 683 g/mol. The first-order valence-electron chi connectivity index (χ1n) is 16.0. The van der Waals surface area contributed by atoms with E-state index in [9.17, 15) is 9.59 Å². The molecule has 0 aliphatic carbocycles. The van der Waals surface area contributed by atoms with Gasteiger partial charge < -0.3 is 9.74 Å². The summed E-state index contributed by atoms with van der Waals surface area (Å²) in [5, 5.41) is 9.63. The van der Waals surface area contributed by atoms with Gasteiger partial charge in [-0.1, -0.05) is 58.4 Å². The summed E-state index contributed by atoms with van der Waals surface area (Å²) >= 11 is 3.55. The molecule has 2 aliphatic rings. The van der Waals surface area contributed by atoms with Crippen molar-refractivity contribution >= 4 is 38.7 Å². The molecule has 0 radical (unpaired) electrons. The van der Waals surface area contributed by atoms with Crippen molar-refractivity contribution in [2.75, 3.05) is 31.5 Å². The van der Waals surface area contributed by atoms with Gasteiger partial charge in [0.05, 0.1) is 23.3 Å². The normalized spacial score (nSPS) is 16.0. The van der Waals surface area contributed by atoms with Gasteiger partial charge in [-0.3, -0.25) is 19.1 Å². The fourth-order valence-corrected chi connectivity index (χ4v) is 7.13. The molecule has 1 saturated heterocycles. The number of hydrogen-bond acceptors (Lipinski definition) is 6. The Morgan fingerprint density at radius 1 is 0.935 bits per heavy atom. The van der Waals surface area contributed by atoms with Crippen LogP contribution in [0.4, 0.5) is 10.5 Å². The van der Waals surface area contributed by atoms with Crippen molar-refractivity contribution in [3.63, 3.8) is 0 Å². The second-order valence-electron chi connectivity index (χ2n) is 12.1. The number of aryl methyl sites for hydroxylation is 2. The molecule has 5 aromatic rings. The molecule has 0 saturated carbocycles. The molecule has 3 aromatic carbocycles. The Hall–Kier alpha value is -4.19. The molecule has 238 valence electrons. The number of anilines is 1. The zero-order valence-corrected chi connectivity index (χ0v) is 27.5. The van der Waals surface area contributed by atoms with E-state index < -0.39 is 6.09 Å². The molecule has 11 heteroatoms. The molecular weight excluding hydrogens is 646 g/mol. The van der Waals surface area contributed by atoms with Gasteiger partial charge in [0.1, 0.15) is 0 Å². The van der Waals surface area contributed by atoms with Crippen molar-refractivity contribution in [3.8, 4) is 11.3 Å². The Balaban J connectivity index is 1.00. The van der Waals surface area contributed by atoms with Gasteiger partial charge in [-0.05, 0) is 62.2 Å². The summed E-state index contributed by atoms with van der Waals surface area (Å²) in [7, 11) is 1.86. The highest BCUT2D eigenvalue weighted by atomic mass is 79.9. The lowest BCUT2D eigenvalue weighted by molar-refractivity contribution is -0.105. The number of imidazole rings is 1. The second-order valence-corrected chi connectivity index (χ2v) is 13.0. The molecule has 46 heavy (non-hydrogen) atoms. The molecule has 1 fully saturated rings. The van der Waals surface area contributed by atoms with Crippen molar-refractivity contribution in [1.82, 2.24) is 28.9 Å². The van der Waals surface area contributed by atoms with E-state index in [-0.39, 0.29) is 11.7 Å². The summed E-state index contributed by atoms with van der Waals surface area (Å²) in [5.74, 6) is 0. The SMILES string of the molecule is Cn1c(=O)n(C2CCN(CCCn3nc(-c4ccc(Br)cc4)c4c3CCN(OC(=O)Nc3ccccc3)C4)CC2)c2ccccc21. The van der Waals surface area contributed by atoms with E-state index in [4.69, 9.17) is 9.94 Å². The van der Waals surface area contributed by atoms with Crippen LogP contribution in [0, 0.1) is 0 Å². The van der Waals surface area contributed by atoms with Crippen LogP contribution < -0.4 is 11.0 Å². The predicted octanol–water partition coefficient (Wildman–Crippen LogP) is 6.22. The quantitative estimate of drug-likeness (QED) is 0.209. The van der Waals surface area contributed by atoms with Gasteiger partial charge in [0.15, 0.2) is 0 Å². The van der Waals surface area contributed by atoms with E-state index >= 15 is 0 Å². The molecule has 0 atom stereocenters. The van der Waals surface area contributed by atoms with E-state index in [1.807, 2.05) is 72.3 Å². The van der Waals surface area contributed by atoms with Crippen LogP contribution >= 0.6 is 15.9 Å². The number of hydroxylamine groups is 2. The van der Waals surface area contributed by atoms with E-state index in [0.29, 0.717) is 18.8 Å². The Labute approximate surface area is 276 Å². The Morgan fingerprint density at radius 3 is 2.41 bits per heavy atom. The zero-order valence-electron chi connectivity index (χ0n) is 25.9. The summed E-state index contributed by atoms with van der Waals surface area (Å²) in [5.41, 5.74) is 7.06. The first-order chi connectivity index (χ1) is 22.4. The highest BCUT2D eigenvalue weighted by molar-refractivity contribution is 9.10. The van der Waals surface area contributed by atoms with Crippen LogP contribution in [0.25, 0.3) is 22.3 Å². The molecule has 0 unspecified atom stereocenters. The van der Waals surface area contributed by atoms with Crippen LogP contribution in [0.3, 0.4) is 0 Å². The summed E-state index contributed by atoms with van der Waals surface area (Å²) in [6.07, 6.45) is 3.15. The Bertz CT molecular complexity index is 1890. The molecule has 0 spiro atoms. The third-order valence-electron chi connectivity index (χ3n) is 9.21. The summed E-state index contributed by atoms with van der Waals surface area (Å²) in [4.78, 5) is 33.9. The first-order valence-corrected chi connectivity index (χ1v) is 16.8. The van der Waals surface area contributed by atoms with Crippen LogP contribution in [0.1, 0.15) is 36.6 Å². The number of aromatic nitrogens is 4. The highest BCUT2D eigenvalue weighted by Crippen LogP contribution is 2.32. The number of halogens is 1. The molecule has 7 rings (SSSR count). The molecule has 1 amide bonds. The van der Waals surface area contributed by atoms with Gasteiger partial charge in [-0.15, -0.1) is 5.06 Å². The number of nitrogens with one attached hydrogen (secondary N) is 1. The minimum absolute atomic E-state index is 0.0745. The van der Waals surface area contributed by atoms with Crippen LogP contribution in [-0.4, -0.2) is 61.2 Å². The molecule has 4 heterocycles. The van der Waals surface area contributed by atoms with Crippen molar-refractivity contribution in [3.05, 3.63) is 105 Å². The fraction of sp³-hybridized carbons (Fsp3) is 0.343. The molecule has 10 nitrogen and oxygen atoms in total. The number of nitrogens with zero attached hydrogens (tertiary/aromatic N) is 6. The van der Waals surface area contributed by atoms with Gasteiger partial charge >= 0.3 is 11.8 Å². The third-order valence-corrected chi connectivity index (χ3v) is 9.74. The topological polar surface area (TPSA) is 89.6 Å². The number of likely N-dealkylation sites (tertiary alicyclic amines) is 1. The Morgan fingerprint density at radius 2 is 1.65 bits per heavy atom. The van der Waals surface area contributed by atoms with Gasteiger partial charge in [0.25, 0.3) is 0 Å². The number of amides is 1. The maximum Gasteiger partial charge on any atom is 0.430 e. The van der Waals surface area contributed by atoms with Crippen LogP contribution in [-0.2, 0) is 31.4 Å². The molecule has 2 aliphatic heterocycles. The van der Waals surface area contributed by atoms with Crippen LogP contribution in [0.15, 0.2) is 88.1 Å². The zero-order chi connectivity index (χ0) is 31.6. The average molecular weight is 685 g/mol. The van der Waals surface area contributed by atoms with Gasteiger partial charge in [-0.2, -0.15) is 5.10 Å². The van der Waals surface area contributed by atoms with Crippen LogP contribution in [0.2, 0.25) is 0 Å². The van der Waals surface area contributed by atoms with Crippen molar-refractivity contribution in [2.45, 2.75) is 44.8 Å². The number of para-hydroxylation sites is 3. The van der Waals surface area contributed by atoms with Gasteiger partial charge in [0, 0.05) is 72.7 Å². The van der Waals surface area contributed by atoms with E-state index in [2.05, 4.69) is 49.0 Å². The van der Waals surface area contributed by atoms with Crippen LogP contribution in [0.5, 0.6) is 0 Å². The number of rotatable bonds is 8. The first kappa shape index (κ1) is 30.5. The summed E-state index contributed by atoms with van der Waals surface area (Å²) in [6.45, 7) is 4.81. The highest BCUT2D eigenvalue weighted by Gasteiger charge is 2.28. The summed E-state index contributed by atoms with van der Waals surface area (Å²) < 4.78 is 6.95. The number of carbonyl (C=O) groups is 1. The standard InChI is InChI=1S/C35H38BrN7O3/c1-39-31-10-5-6-11-32(31)43(35(39)45)28-16-21-40(22-17-28)19-7-20-42-30-18-23-41(46-34(44)37-27-8-3-2-4-9-27)24-29(30)33(38-42)25-12-14-26(36)15-13-25/h2-6,8-15,28H,7,16-24H2,1H3,(H,37,44). The maximum absolute atomic E-state index is 13.1. The lowest BCUT2D eigenvalue weighted by Gasteiger charge is -2.32. The number of piperidine rings is 1. The lowest BCUT2D eigenvalue weighted by Crippen LogP contribution is -2.38. The van der Waals surface area contributed by atoms with Crippen molar-refractivity contribution in [2.24, 2.45) is 7.05 Å². The summed E-state index contributed by atoms with van der Waals surface area (Å²) in [6, 6.07) is 25.8. The average Bonchev–Trinajstić information content (AvgIpc) is 3.56. The Kier molecular flexibility index (Phi) is 8.79. The number of fused-ring (bicyclic) bond motifs is 2. The van der Waals surface area contributed by atoms with E-state index in [1.165, 1.54) is 5.69 Å². The second kappa shape index (κ2) is 13.3. The minimum Gasteiger partial charge on any atom is -0.350 e. The van der Waals surface area contributed by atoms with Gasteiger partial charge in [0.2, 0.25) is 0 Å². The number of benzene rings is 3. The molecule has 2 aromatic heterocycles. The minimum atomic E-state index is -0.499. The van der Waals surface area contributed by atoms with E-state index in [1.54, 1.807) is 9.63 Å². The van der Waals surface area contributed by atoms with Crippen molar-refractivity contribution in [1.29, 1.82) is 0 Å². The lowest BCUT2D eigenvalue weighted by atomic mass is 10.0. The maximum atomic E-state index is 13.1. The smallest absolute Gasteiger partial charge is 0.350 e. The molecule has 1 N–H and O–H groups in total. The molecular formula is C35H38BrN7O3. The number of hydrogen-bond donors (Lipinski definition) is 1. The number of carbonyl (C=O) groups excluding carboxylic acids is 1. The predicted molar refractivity (Wildman–Crippen MR) is 183 cm³/mol. The van der Waals surface area contributed by atoms with Crippen molar-refractivity contribution < 1.29 is 9.63 Å². The molecule has 0 bridgehead atoms. The van der Waals surface area contributed by atoms with E-state index in [0.717, 1.165) is 84.2 Å². The fourth-order valence-electron chi connectivity index (χ4n) is 6.87. The van der Waals surface area contributed by atoms with Gasteiger partial charge in [-0.25, -0.2) is 9.59 Å².